The second-order valence-corrected chi connectivity index (χ2v) is 6.25. The van der Waals surface area contributed by atoms with Crippen LogP contribution in [0, 0.1) is 13.8 Å². The van der Waals surface area contributed by atoms with E-state index in [0.717, 1.165) is 20.7 Å². The lowest BCUT2D eigenvalue weighted by molar-refractivity contribution is 0.0939. The Morgan fingerprint density at radius 1 is 1.42 bits per heavy atom. The molecule has 19 heavy (non-hydrogen) atoms. The van der Waals surface area contributed by atoms with E-state index in [0.29, 0.717) is 5.56 Å². The molecule has 1 aromatic heterocycles. The van der Waals surface area contributed by atoms with Gasteiger partial charge in [-0.3, -0.25) is 4.79 Å². The molecule has 2 aromatic rings. The fraction of sp³-hybridized carbons (Fsp3) is 0.286. The topological polar surface area (TPSA) is 42.0 Å². The molecule has 0 spiro atoms. The third-order valence-corrected chi connectivity index (χ3v) is 4.53. The van der Waals surface area contributed by atoms with Gasteiger partial charge in [-0.05, 0) is 54.4 Å². The van der Waals surface area contributed by atoms with E-state index in [1.54, 1.807) is 11.3 Å². The Morgan fingerprint density at radius 3 is 2.74 bits per heavy atom. The second kappa shape index (κ2) is 5.84. The van der Waals surface area contributed by atoms with Crippen LogP contribution >= 0.6 is 27.3 Å². The van der Waals surface area contributed by atoms with Crippen LogP contribution in [0.4, 0.5) is 0 Å². The van der Waals surface area contributed by atoms with Crippen LogP contribution < -0.4 is 5.32 Å². The van der Waals surface area contributed by atoms with Crippen LogP contribution in [0.25, 0.3) is 0 Å². The highest BCUT2D eigenvalue weighted by Gasteiger charge is 2.15. The lowest BCUT2D eigenvalue weighted by Crippen LogP contribution is -2.26. The zero-order valence-electron chi connectivity index (χ0n) is 11.0. The predicted octanol–water partition coefficient (Wildman–Crippen LogP) is 4.01. The molecule has 1 unspecified atom stereocenters. The molecule has 1 amide bonds. The summed E-state index contributed by atoms with van der Waals surface area (Å²) >= 11 is 4.99. The van der Waals surface area contributed by atoms with Crippen molar-refractivity contribution in [3.05, 3.63) is 49.9 Å². The van der Waals surface area contributed by atoms with Gasteiger partial charge in [0.1, 0.15) is 5.01 Å². The van der Waals surface area contributed by atoms with Crippen molar-refractivity contribution in [3.8, 4) is 0 Å². The average molecular weight is 339 g/mol. The number of hydrogen-bond donors (Lipinski definition) is 1. The second-order valence-electron chi connectivity index (χ2n) is 4.51. The Bertz CT molecular complexity index is 609. The third kappa shape index (κ3) is 3.42. The van der Waals surface area contributed by atoms with Gasteiger partial charge in [-0.2, -0.15) is 0 Å². The van der Waals surface area contributed by atoms with Crippen LogP contribution in [-0.2, 0) is 0 Å². The number of halogens is 1. The number of carbonyl (C=O) groups is 1. The Labute approximate surface area is 125 Å². The lowest BCUT2D eigenvalue weighted by atomic mass is 10.1. The van der Waals surface area contributed by atoms with Crippen molar-refractivity contribution in [2.24, 2.45) is 0 Å². The van der Waals surface area contributed by atoms with Gasteiger partial charge < -0.3 is 5.32 Å². The van der Waals surface area contributed by atoms with Gasteiger partial charge in [-0.1, -0.05) is 6.07 Å². The van der Waals surface area contributed by atoms with E-state index in [-0.39, 0.29) is 11.9 Å². The van der Waals surface area contributed by atoms with E-state index in [1.807, 2.05) is 44.4 Å². The molecule has 0 aliphatic rings. The van der Waals surface area contributed by atoms with E-state index >= 15 is 0 Å². The monoisotopic (exact) mass is 338 g/mol. The van der Waals surface area contributed by atoms with Crippen molar-refractivity contribution in [2.75, 3.05) is 0 Å². The van der Waals surface area contributed by atoms with Gasteiger partial charge in [0, 0.05) is 15.5 Å². The Hall–Kier alpha value is -1.20. The van der Waals surface area contributed by atoms with Crippen molar-refractivity contribution in [3.63, 3.8) is 0 Å². The highest BCUT2D eigenvalue weighted by molar-refractivity contribution is 9.10. The number of aryl methyl sites for hydroxylation is 2. The average Bonchev–Trinajstić information content (AvgIpc) is 2.75. The number of aromatic nitrogens is 1. The van der Waals surface area contributed by atoms with Crippen LogP contribution in [0.1, 0.15) is 39.6 Å². The summed E-state index contributed by atoms with van der Waals surface area (Å²) in [5.41, 5.74) is 2.75. The molecule has 3 nitrogen and oxygen atoms in total. The SMILES string of the molecule is Cc1ccc(C(=O)NC(C)c2nc(C)cs2)c(Br)c1. The molecule has 1 aromatic carbocycles. The van der Waals surface area contributed by atoms with Crippen LogP contribution in [0.5, 0.6) is 0 Å². The highest BCUT2D eigenvalue weighted by Crippen LogP contribution is 2.21. The number of carbonyl (C=O) groups excluding carboxylic acids is 1. The minimum Gasteiger partial charge on any atom is -0.343 e. The minimum absolute atomic E-state index is 0.0839. The smallest absolute Gasteiger partial charge is 0.252 e. The van der Waals surface area contributed by atoms with Crippen LogP contribution in [-0.4, -0.2) is 10.9 Å². The molecule has 1 N–H and O–H groups in total. The van der Waals surface area contributed by atoms with Crippen LogP contribution in [0.15, 0.2) is 28.1 Å². The maximum absolute atomic E-state index is 12.2. The number of thiazole rings is 1. The Kier molecular flexibility index (Phi) is 4.37. The first-order valence-corrected chi connectivity index (χ1v) is 7.63. The molecule has 0 saturated carbocycles. The van der Waals surface area contributed by atoms with E-state index in [4.69, 9.17) is 0 Å². The largest absolute Gasteiger partial charge is 0.343 e. The first-order chi connectivity index (χ1) is 8.97. The molecular weight excluding hydrogens is 324 g/mol. The number of benzene rings is 1. The van der Waals surface area contributed by atoms with Crippen LogP contribution in [0.2, 0.25) is 0 Å². The van der Waals surface area contributed by atoms with Gasteiger partial charge in [-0.25, -0.2) is 4.98 Å². The number of amides is 1. The molecule has 0 bridgehead atoms. The van der Waals surface area contributed by atoms with Crippen molar-refractivity contribution < 1.29 is 4.79 Å². The molecule has 1 heterocycles. The van der Waals surface area contributed by atoms with Crippen molar-refractivity contribution in [2.45, 2.75) is 26.8 Å². The van der Waals surface area contributed by atoms with Crippen molar-refractivity contribution >= 4 is 33.2 Å². The van der Waals surface area contributed by atoms with Crippen molar-refractivity contribution in [1.82, 2.24) is 10.3 Å². The van der Waals surface area contributed by atoms with Gasteiger partial charge in [-0.15, -0.1) is 11.3 Å². The highest BCUT2D eigenvalue weighted by atomic mass is 79.9. The summed E-state index contributed by atoms with van der Waals surface area (Å²) in [7, 11) is 0. The van der Waals surface area contributed by atoms with Gasteiger partial charge in [0.15, 0.2) is 0 Å². The zero-order chi connectivity index (χ0) is 14.0. The fourth-order valence-electron chi connectivity index (χ4n) is 1.71. The molecule has 0 aliphatic heterocycles. The molecule has 0 radical (unpaired) electrons. The summed E-state index contributed by atoms with van der Waals surface area (Å²) in [6, 6.07) is 5.61. The lowest BCUT2D eigenvalue weighted by Gasteiger charge is -2.12. The first kappa shape index (κ1) is 14.2. The number of nitrogens with zero attached hydrogens (tertiary/aromatic N) is 1. The fourth-order valence-corrected chi connectivity index (χ4v) is 3.19. The maximum Gasteiger partial charge on any atom is 0.252 e. The van der Waals surface area contributed by atoms with E-state index < -0.39 is 0 Å². The first-order valence-electron chi connectivity index (χ1n) is 5.96. The van der Waals surface area contributed by atoms with Gasteiger partial charge in [0.2, 0.25) is 0 Å². The molecule has 0 fully saturated rings. The number of hydrogen-bond acceptors (Lipinski definition) is 3. The van der Waals surface area contributed by atoms with E-state index in [9.17, 15) is 4.79 Å². The maximum atomic E-state index is 12.2. The third-order valence-electron chi connectivity index (χ3n) is 2.72. The summed E-state index contributed by atoms with van der Waals surface area (Å²) in [5, 5.41) is 5.88. The minimum atomic E-state index is -0.0905. The zero-order valence-corrected chi connectivity index (χ0v) is 13.4. The summed E-state index contributed by atoms with van der Waals surface area (Å²) in [5.74, 6) is -0.0905. The Balaban J connectivity index is 2.12. The molecule has 5 heteroatoms. The normalized spacial score (nSPS) is 12.2. The molecule has 0 saturated heterocycles. The molecule has 100 valence electrons. The van der Waals surface area contributed by atoms with Crippen LogP contribution in [0.3, 0.4) is 0 Å². The summed E-state index contributed by atoms with van der Waals surface area (Å²) in [6.45, 7) is 5.89. The molecule has 2 rings (SSSR count). The molecule has 0 aliphatic carbocycles. The quantitative estimate of drug-likeness (QED) is 0.918. The van der Waals surface area contributed by atoms with E-state index in [2.05, 4.69) is 26.2 Å². The summed E-state index contributed by atoms with van der Waals surface area (Å²) < 4.78 is 0.813. The van der Waals surface area contributed by atoms with E-state index in [1.165, 1.54) is 0 Å². The predicted molar refractivity (Wildman–Crippen MR) is 81.6 cm³/mol. The molecule has 1 atom stereocenters. The van der Waals surface area contributed by atoms with Gasteiger partial charge in [0.05, 0.1) is 11.6 Å². The summed E-state index contributed by atoms with van der Waals surface area (Å²) in [6.07, 6.45) is 0. The van der Waals surface area contributed by atoms with Gasteiger partial charge >= 0.3 is 0 Å². The molecular formula is C14H15BrN2OS. The summed E-state index contributed by atoms with van der Waals surface area (Å²) in [4.78, 5) is 16.6. The number of rotatable bonds is 3. The Morgan fingerprint density at radius 2 is 2.16 bits per heavy atom. The van der Waals surface area contributed by atoms with Gasteiger partial charge in [0.25, 0.3) is 5.91 Å². The standard InChI is InChI=1S/C14H15BrN2OS/c1-8-4-5-11(12(15)6-8)13(18)17-10(3)14-16-9(2)7-19-14/h4-7,10H,1-3H3,(H,17,18). The van der Waals surface area contributed by atoms with Crippen molar-refractivity contribution in [1.29, 1.82) is 0 Å². The number of nitrogens with one attached hydrogen (secondary N) is 1.